The molecule has 0 spiro atoms. The highest BCUT2D eigenvalue weighted by molar-refractivity contribution is 6.34. The van der Waals surface area contributed by atoms with Crippen molar-refractivity contribution in [2.45, 2.75) is 12.6 Å². The molecule has 0 aliphatic heterocycles. The second-order valence-corrected chi connectivity index (χ2v) is 5.00. The summed E-state index contributed by atoms with van der Waals surface area (Å²) in [5, 5.41) is 17.6. The third kappa shape index (κ3) is 4.68. The van der Waals surface area contributed by atoms with Gasteiger partial charge in [-0.15, -0.1) is 0 Å². The van der Waals surface area contributed by atoms with E-state index >= 15 is 0 Å². The van der Waals surface area contributed by atoms with Gasteiger partial charge in [-0.25, -0.2) is 0 Å². The second kappa shape index (κ2) is 7.50. The number of hydrogen-bond acceptors (Lipinski definition) is 5. The van der Waals surface area contributed by atoms with Crippen molar-refractivity contribution < 1.29 is 14.4 Å². The Kier molecular flexibility index (Phi) is 5.67. The number of aromatic nitrogens is 1. The summed E-state index contributed by atoms with van der Waals surface area (Å²) in [4.78, 5) is 0. The number of aliphatic hydroxyl groups excluding tert-OH is 1. The summed E-state index contributed by atoms with van der Waals surface area (Å²) in [7, 11) is 0. The molecule has 0 saturated carbocycles. The van der Waals surface area contributed by atoms with Gasteiger partial charge in [0.1, 0.15) is 24.7 Å². The van der Waals surface area contributed by atoms with E-state index in [4.69, 9.17) is 32.5 Å². The van der Waals surface area contributed by atoms with Crippen molar-refractivity contribution in [2.75, 3.05) is 13.2 Å². The third-order valence-corrected chi connectivity index (χ3v) is 3.05. The van der Waals surface area contributed by atoms with Gasteiger partial charge in [-0.05, 0) is 12.1 Å². The van der Waals surface area contributed by atoms with Crippen molar-refractivity contribution in [3.05, 3.63) is 46.3 Å². The van der Waals surface area contributed by atoms with Crippen molar-refractivity contribution in [1.82, 2.24) is 10.5 Å². The van der Waals surface area contributed by atoms with Gasteiger partial charge in [0, 0.05) is 30.2 Å². The van der Waals surface area contributed by atoms with Crippen LogP contribution in [-0.4, -0.2) is 29.5 Å². The molecule has 0 aliphatic carbocycles. The van der Waals surface area contributed by atoms with Crippen LogP contribution in [0.2, 0.25) is 10.0 Å². The smallest absolute Gasteiger partial charge is 0.139 e. The Morgan fingerprint density at radius 2 is 2.20 bits per heavy atom. The van der Waals surface area contributed by atoms with Gasteiger partial charge < -0.3 is 19.7 Å². The van der Waals surface area contributed by atoms with Crippen LogP contribution in [0.1, 0.15) is 5.69 Å². The lowest BCUT2D eigenvalue weighted by Crippen LogP contribution is -2.31. The van der Waals surface area contributed by atoms with Crippen LogP contribution < -0.4 is 10.1 Å². The quantitative estimate of drug-likeness (QED) is 0.821. The summed E-state index contributed by atoms with van der Waals surface area (Å²) >= 11 is 11.8. The number of halogens is 2. The van der Waals surface area contributed by atoms with Gasteiger partial charge in [-0.1, -0.05) is 28.4 Å². The fraction of sp³-hybridized carbons (Fsp3) is 0.308. The van der Waals surface area contributed by atoms with Crippen LogP contribution in [0.3, 0.4) is 0 Å². The van der Waals surface area contributed by atoms with Crippen LogP contribution in [0.15, 0.2) is 35.1 Å². The highest BCUT2D eigenvalue weighted by atomic mass is 35.5. The zero-order valence-corrected chi connectivity index (χ0v) is 12.1. The van der Waals surface area contributed by atoms with Crippen LogP contribution in [-0.2, 0) is 6.54 Å². The van der Waals surface area contributed by atoms with Crippen LogP contribution in [0.4, 0.5) is 0 Å². The van der Waals surface area contributed by atoms with Crippen molar-refractivity contribution in [1.29, 1.82) is 0 Å². The number of nitrogens with zero attached hydrogens (tertiary/aromatic N) is 1. The highest BCUT2D eigenvalue weighted by Gasteiger charge is 2.08. The average Bonchev–Trinajstić information content (AvgIpc) is 2.93. The van der Waals surface area contributed by atoms with Gasteiger partial charge >= 0.3 is 0 Å². The average molecular weight is 317 g/mol. The lowest BCUT2D eigenvalue weighted by Gasteiger charge is -2.13. The SMILES string of the molecule is OC(CNCc1ccon1)COc1cc(Cl)ccc1Cl. The molecule has 0 aliphatic rings. The lowest BCUT2D eigenvalue weighted by molar-refractivity contribution is 0.106. The Morgan fingerprint density at radius 3 is 2.95 bits per heavy atom. The van der Waals surface area contributed by atoms with E-state index < -0.39 is 6.10 Å². The van der Waals surface area contributed by atoms with E-state index in [0.717, 1.165) is 5.69 Å². The molecule has 2 aromatic rings. The molecule has 1 aromatic carbocycles. The molecule has 5 nitrogen and oxygen atoms in total. The summed E-state index contributed by atoms with van der Waals surface area (Å²) in [5.41, 5.74) is 0.774. The Morgan fingerprint density at radius 1 is 1.35 bits per heavy atom. The minimum Gasteiger partial charge on any atom is -0.489 e. The molecule has 0 bridgehead atoms. The zero-order valence-electron chi connectivity index (χ0n) is 10.6. The topological polar surface area (TPSA) is 67.5 Å². The van der Waals surface area contributed by atoms with E-state index in [1.165, 1.54) is 6.26 Å². The first-order valence-electron chi connectivity index (χ1n) is 6.01. The highest BCUT2D eigenvalue weighted by Crippen LogP contribution is 2.27. The third-order valence-electron chi connectivity index (χ3n) is 2.50. The first-order valence-corrected chi connectivity index (χ1v) is 6.76. The summed E-state index contributed by atoms with van der Waals surface area (Å²) in [6.45, 7) is 1.00. The minimum atomic E-state index is -0.669. The first-order chi connectivity index (χ1) is 9.65. The van der Waals surface area contributed by atoms with E-state index in [9.17, 15) is 5.11 Å². The standard InChI is InChI=1S/C13H14Cl2N2O3/c14-9-1-2-12(15)13(5-9)19-8-11(18)7-16-6-10-3-4-20-17-10/h1-5,11,16,18H,6-8H2. The van der Waals surface area contributed by atoms with Gasteiger partial charge in [0.25, 0.3) is 0 Å². The molecule has 7 heteroatoms. The summed E-state index contributed by atoms with van der Waals surface area (Å²) in [6, 6.07) is 6.68. The van der Waals surface area contributed by atoms with Crippen molar-refractivity contribution in [3.63, 3.8) is 0 Å². The predicted octanol–water partition coefficient (Wildman–Crippen LogP) is 2.51. The van der Waals surface area contributed by atoms with E-state index in [0.29, 0.717) is 28.9 Å². The number of aliphatic hydroxyl groups is 1. The molecule has 0 amide bonds. The predicted molar refractivity (Wildman–Crippen MR) is 76.2 cm³/mol. The van der Waals surface area contributed by atoms with Gasteiger partial charge in [0.15, 0.2) is 0 Å². The molecule has 0 fully saturated rings. The van der Waals surface area contributed by atoms with Crippen molar-refractivity contribution in [3.8, 4) is 5.75 Å². The van der Waals surface area contributed by atoms with E-state index in [1.54, 1.807) is 24.3 Å². The van der Waals surface area contributed by atoms with Crippen LogP contribution in [0.5, 0.6) is 5.75 Å². The number of hydrogen-bond donors (Lipinski definition) is 2. The summed E-state index contributed by atoms with van der Waals surface area (Å²) in [6.07, 6.45) is 0.828. The Hall–Kier alpha value is -1.27. The van der Waals surface area contributed by atoms with Crippen molar-refractivity contribution >= 4 is 23.2 Å². The fourth-order valence-corrected chi connectivity index (χ4v) is 1.86. The fourth-order valence-electron chi connectivity index (χ4n) is 1.53. The maximum absolute atomic E-state index is 9.79. The monoisotopic (exact) mass is 316 g/mol. The maximum Gasteiger partial charge on any atom is 0.139 e. The Bertz CT molecular complexity index is 534. The second-order valence-electron chi connectivity index (χ2n) is 4.16. The van der Waals surface area contributed by atoms with E-state index in [-0.39, 0.29) is 6.61 Å². The maximum atomic E-state index is 9.79. The molecule has 0 saturated heterocycles. The van der Waals surface area contributed by atoms with Gasteiger partial charge in [0.2, 0.25) is 0 Å². The molecule has 1 aromatic heterocycles. The van der Waals surface area contributed by atoms with Gasteiger partial charge in [0.05, 0.1) is 10.7 Å². The van der Waals surface area contributed by atoms with Gasteiger partial charge in [-0.2, -0.15) is 0 Å². The summed E-state index contributed by atoms with van der Waals surface area (Å²) < 4.78 is 10.1. The molecular formula is C13H14Cl2N2O3. The molecule has 20 heavy (non-hydrogen) atoms. The summed E-state index contributed by atoms with van der Waals surface area (Å²) in [5.74, 6) is 0.453. The van der Waals surface area contributed by atoms with Crippen LogP contribution in [0, 0.1) is 0 Å². The van der Waals surface area contributed by atoms with Crippen molar-refractivity contribution in [2.24, 2.45) is 0 Å². The van der Waals surface area contributed by atoms with Crippen LogP contribution in [0.25, 0.3) is 0 Å². The largest absolute Gasteiger partial charge is 0.489 e. The number of nitrogens with one attached hydrogen (secondary N) is 1. The molecule has 0 radical (unpaired) electrons. The molecule has 1 heterocycles. The van der Waals surface area contributed by atoms with E-state index in [1.807, 2.05) is 0 Å². The molecule has 2 rings (SSSR count). The number of benzene rings is 1. The molecule has 1 atom stereocenters. The van der Waals surface area contributed by atoms with E-state index in [2.05, 4.69) is 10.5 Å². The lowest BCUT2D eigenvalue weighted by atomic mass is 10.3. The Balaban J connectivity index is 1.71. The van der Waals surface area contributed by atoms with Crippen LogP contribution >= 0.6 is 23.2 Å². The molecule has 1 unspecified atom stereocenters. The molecule has 2 N–H and O–H groups in total. The zero-order chi connectivity index (χ0) is 14.4. The first kappa shape index (κ1) is 15.1. The molecule has 108 valence electrons. The van der Waals surface area contributed by atoms with Gasteiger partial charge in [-0.3, -0.25) is 0 Å². The number of ether oxygens (including phenoxy) is 1. The number of rotatable bonds is 7. The Labute approximate surface area is 126 Å². The molecular weight excluding hydrogens is 303 g/mol. The minimum absolute atomic E-state index is 0.117. The normalized spacial score (nSPS) is 12.3.